The summed E-state index contributed by atoms with van der Waals surface area (Å²) in [6.07, 6.45) is 0. The summed E-state index contributed by atoms with van der Waals surface area (Å²) in [4.78, 5) is 19.6. The van der Waals surface area contributed by atoms with Gasteiger partial charge in [0.05, 0.1) is 12.2 Å². The van der Waals surface area contributed by atoms with E-state index in [9.17, 15) is 4.79 Å². The molecule has 0 aliphatic heterocycles. The van der Waals surface area contributed by atoms with Gasteiger partial charge < -0.3 is 9.64 Å². The number of rotatable bonds is 7. The lowest BCUT2D eigenvalue weighted by atomic mass is 10.1. The summed E-state index contributed by atoms with van der Waals surface area (Å²) in [5, 5.41) is 2.93. The highest BCUT2D eigenvalue weighted by Crippen LogP contribution is 2.25. The summed E-state index contributed by atoms with van der Waals surface area (Å²) < 4.78 is 6.05. The predicted octanol–water partition coefficient (Wildman–Crippen LogP) is 6.01. The molecule has 158 valence electrons. The Bertz CT molecular complexity index is 1040. The zero-order valence-corrected chi connectivity index (χ0v) is 19.5. The van der Waals surface area contributed by atoms with Crippen LogP contribution in [0.3, 0.4) is 0 Å². The third kappa shape index (κ3) is 5.28. The molecule has 0 aliphatic carbocycles. The quantitative estimate of drug-likeness (QED) is 0.468. The lowest BCUT2D eigenvalue weighted by Crippen LogP contribution is -2.36. The van der Waals surface area contributed by atoms with Crippen molar-refractivity contribution < 1.29 is 9.53 Å². The Morgan fingerprint density at radius 2 is 1.87 bits per heavy atom. The standard InChI is InChI=1S/C25H30N2O2S/c1-16(2)27(25(28)21-9-7-8-17(3)11-21)13-22-15-30-24(26-22)14-29-23-12-18(4)10-19(5)20(23)6/h7-12,15-16H,13-14H2,1-6H3. The van der Waals surface area contributed by atoms with Crippen molar-refractivity contribution in [2.45, 2.75) is 60.7 Å². The molecule has 3 aromatic rings. The molecule has 0 fully saturated rings. The first kappa shape index (κ1) is 22.0. The van der Waals surface area contributed by atoms with E-state index in [-0.39, 0.29) is 11.9 Å². The van der Waals surface area contributed by atoms with Crippen LogP contribution in [0.2, 0.25) is 0 Å². The number of thiazole rings is 1. The van der Waals surface area contributed by atoms with Crippen molar-refractivity contribution in [1.29, 1.82) is 0 Å². The fraction of sp³-hybridized carbons (Fsp3) is 0.360. The van der Waals surface area contributed by atoms with Gasteiger partial charge in [0.1, 0.15) is 17.4 Å². The van der Waals surface area contributed by atoms with Gasteiger partial charge in [0.2, 0.25) is 0 Å². The van der Waals surface area contributed by atoms with E-state index >= 15 is 0 Å². The van der Waals surface area contributed by atoms with Gasteiger partial charge in [-0.25, -0.2) is 4.98 Å². The van der Waals surface area contributed by atoms with Crippen LogP contribution in [0, 0.1) is 27.7 Å². The van der Waals surface area contributed by atoms with Crippen LogP contribution in [0.15, 0.2) is 41.8 Å². The number of nitrogens with zero attached hydrogens (tertiary/aromatic N) is 2. The molecule has 2 aromatic carbocycles. The number of hydrogen-bond acceptors (Lipinski definition) is 4. The first-order valence-electron chi connectivity index (χ1n) is 10.3. The Morgan fingerprint density at radius 3 is 2.57 bits per heavy atom. The minimum atomic E-state index is 0.0327. The van der Waals surface area contributed by atoms with Crippen molar-refractivity contribution in [2.75, 3.05) is 0 Å². The van der Waals surface area contributed by atoms with Gasteiger partial charge in [-0.05, 0) is 76.4 Å². The number of amides is 1. The maximum absolute atomic E-state index is 13.0. The third-order valence-electron chi connectivity index (χ3n) is 5.20. The van der Waals surface area contributed by atoms with Crippen LogP contribution in [-0.4, -0.2) is 21.8 Å². The summed E-state index contributed by atoms with van der Waals surface area (Å²) in [6.45, 7) is 13.2. The smallest absolute Gasteiger partial charge is 0.254 e. The SMILES string of the molecule is Cc1cccc(C(=O)N(Cc2csc(COc3cc(C)cc(C)c3C)n2)C(C)C)c1. The van der Waals surface area contributed by atoms with E-state index in [1.165, 1.54) is 11.1 Å². The summed E-state index contributed by atoms with van der Waals surface area (Å²) in [5.41, 5.74) is 6.27. The van der Waals surface area contributed by atoms with E-state index in [4.69, 9.17) is 9.72 Å². The summed E-state index contributed by atoms with van der Waals surface area (Å²) in [5.74, 6) is 0.938. The lowest BCUT2D eigenvalue weighted by molar-refractivity contribution is 0.0688. The molecule has 1 heterocycles. The molecule has 0 saturated heterocycles. The molecule has 30 heavy (non-hydrogen) atoms. The second-order valence-electron chi connectivity index (χ2n) is 8.12. The highest BCUT2D eigenvalue weighted by molar-refractivity contribution is 7.09. The second-order valence-corrected chi connectivity index (χ2v) is 9.07. The Balaban J connectivity index is 1.69. The molecular formula is C25H30N2O2S. The van der Waals surface area contributed by atoms with Crippen LogP contribution in [0.4, 0.5) is 0 Å². The maximum Gasteiger partial charge on any atom is 0.254 e. The number of ether oxygens (including phenoxy) is 1. The minimum absolute atomic E-state index is 0.0327. The summed E-state index contributed by atoms with van der Waals surface area (Å²) in [6, 6.07) is 12.0. The number of aryl methyl sites for hydroxylation is 3. The van der Waals surface area contributed by atoms with E-state index in [1.54, 1.807) is 11.3 Å². The first-order chi connectivity index (χ1) is 14.2. The van der Waals surface area contributed by atoms with E-state index in [0.717, 1.165) is 27.6 Å². The lowest BCUT2D eigenvalue weighted by Gasteiger charge is -2.26. The molecule has 0 aliphatic rings. The normalized spacial score (nSPS) is 11.0. The average Bonchev–Trinajstić information content (AvgIpc) is 3.14. The van der Waals surface area contributed by atoms with Gasteiger partial charge in [-0.3, -0.25) is 4.79 Å². The molecular weight excluding hydrogens is 392 g/mol. The van der Waals surface area contributed by atoms with E-state index in [0.29, 0.717) is 18.7 Å². The Hall–Kier alpha value is -2.66. The van der Waals surface area contributed by atoms with Crippen molar-refractivity contribution in [3.63, 3.8) is 0 Å². The molecule has 0 radical (unpaired) electrons. The largest absolute Gasteiger partial charge is 0.486 e. The zero-order chi connectivity index (χ0) is 21.8. The van der Waals surface area contributed by atoms with Crippen LogP contribution in [0.5, 0.6) is 5.75 Å². The number of benzene rings is 2. The molecule has 1 aromatic heterocycles. The molecule has 0 atom stereocenters. The monoisotopic (exact) mass is 422 g/mol. The van der Waals surface area contributed by atoms with Crippen LogP contribution >= 0.6 is 11.3 Å². The van der Waals surface area contributed by atoms with Gasteiger partial charge in [-0.2, -0.15) is 0 Å². The zero-order valence-electron chi connectivity index (χ0n) is 18.7. The molecule has 0 spiro atoms. The van der Waals surface area contributed by atoms with Crippen LogP contribution in [-0.2, 0) is 13.2 Å². The molecule has 5 heteroatoms. The Morgan fingerprint density at radius 1 is 1.10 bits per heavy atom. The van der Waals surface area contributed by atoms with Crippen LogP contribution in [0.25, 0.3) is 0 Å². The van der Waals surface area contributed by atoms with E-state index < -0.39 is 0 Å². The van der Waals surface area contributed by atoms with Gasteiger partial charge in [-0.15, -0.1) is 11.3 Å². The molecule has 3 rings (SSSR count). The number of hydrogen-bond donors (Lipinski definition) is 0. The fourth-order valence-corrected chi connectivity index (χ4v) is 4.08. The summed E-state index contributed by atoms with van der Waals surface area (Å²) >= 11 is 1.57. The summed E-state index contributed by atoms with van der Waals surface area (Å²) in [7, 11) is 0. The van der Waals surface area contributed by atoms with Gasteiger partial charge in [0.25, 0.3) is 5.91 Å². The number of carbonyl (C=O) groups excluding carboxylic acids is 1. The van der Waals surface area contributed by atoms with E-state index in [2.05, 4.69) is 32.9 Å². The van der Waals surface area contributed by atoms with Gasteiger partial charge in [0.15, 0.2) is 0 Å². The number of carbonyl (C=O) groups is 1. The second kappa shape index (κ2) is 9.43. The van der Waals surface area contributed by atoms with Crippen LogP contribution in [0.1, 0.15) is 57.2 Å². The molecule has 0 bridgehead atoms. The fourth-order valence-electron chi connectivity index (χ4n) is 3.39. The molecule has 0 N–H and O–H groups in total. The van der Waals surface area contributed by atoms with Crippen molar-refractivity contribution in [2.24, 2.45) is 0 Å². The van der Waals surface area contributed by atoms with Crippen molar-refractivity contribution in [3.8, 4) is 5.75 Å². The van der Waals surface area contributed by atoms with Crippen molar-refractivity contribution >= 4 is 17.2 Å². The molecule has 1 amide bonds. The maximum atomic E-state index is 13.0. The average molecular weight is 423 g/mol. The predicted molar refractivity (Wildman–Crippen MR) is 123 cm³/mol. The molecule has 0 unspecified atom stereocenters. The Labute approximate surface area is 183 Å². The topological polar surface area (TPSA) is 42.4 Å². The minimum Gasteiger partial charge on any atom is -0.486 e. The molecule has 4 nitrogen and oxygen atoms in total. The van der Waals surface area contributed by atoms with Crippen molar-refractivity contribution in [1.82, 2.24) is 9.88 Å². The van der Waals surface area contributed by atoms with E-state index in [1.807, 2.05) is 55.3 Å². The van der Waals surface area contributed by atoms with Gasteiger partial charge >= 0.3 is 0 Å². The third-order valence-corrected chi connectivity index (χ3v) is 6.07. The molecule has 0 saturated carbocycles. The van der Waals surface area contributed by atoms with Gasteiger partial charge in [-0.1, -0.05) is 23.8 Å². The highest BCUT2D eigenvalue weighted by Gasteiger charge is 2.20. The van der Waals surface area contributed by atoms with Crippen molar-refractivity contribution in [3.05, 3.63) is 80.3 Å². The first-order valence-corrected chi connectivity index (χ1v) is 11.1. The van der Waals surface area contributed by atoms with Gasteiger partial charge in [0, 0.05) is 17.0 Å². The van der Waals surface area contributed by atoms with Crippen LogP contribution < -0.4 is 4.74 Å². The highest BCUT2D eigenvalue weighted by atomic mass is 32.1. The number of aromatic nitrogens is 1. The Kier molecular flexibility index (Phi) is 6.93.